The van der Waals surface area contributed by atoms with E-state index < -0.39 is 0 Å². The Morgan fingerprint density at radius 2 is 2.10 bits per heavy atom. The van der Waals surface area contributed by atoms with Gasteiger partial charge in [0, 0.05) is 18.7 Å². The Hall–Kier alpha value is -2.60. The summed E-state index contributed by atoms with van der Waals surface area (Å²) in [7, 11) is 0. The van der Waals surface area contributed by atoms with E-state index in [0.29, 0.717) is 11.6 Å². The lowest BCUT2D eigenvalue weighted by atomic mass is 9.87. The molecule has 1 saturated carbocycles. The Balaban J connectivity index is 1.92. The molecule has 2 atom stereocenters. The van der Waals surface area contributed by atoms with Gasteiger partial charge in [0.25, 0.3) is 0 Å². The van der Waals surface area contributed by atoms with Gasteiger partial charge in [0.1, 0.15) is 11.9 Å². The molecule has 0 aromatic heterocycles. The quantitative estimate of drug-likeness (QED) is 0.550. The third-order valence-corrected chi connectivity index (χ3v) is 6.40. The molecule has 0 radical (unpaired) electrons. The fourth-order valence-corrected chi connectivity index (χ4v) is 4.69. The van der Waals surface area contributed by atoms with Crippen LogP contribution in [0, 0.1) is 24.2 Å². The molecule has 2 aliphatic rings. The molecule has 0 unspecified atom stereocenters. The minimum Gasteiger partial charge on any atom is -0.371 e. The second kappa shape index (κ2) is 11.7. The van der Waals surface area contributed by atoms with E-state index in [9.17, 15) is 5.26 Å². The fraction of sp³-hybridized carbons (Fsp3) is 0.500. The van der Waals surface area contributed by atoms with Gasteiger partial charge in [0.15, 0.2) is 0 Å². The maximum atomic E-state index is 10.0. The molecular weight excluding hydrogens is 378 g/mol. The summed E-state index contributed by atoms with van der Waals surface area (Å²) in [6, 6.07) is 11.4. The second-order valence-electron chi connectivity index (χ2n) is 9.07. The molecule has 1 N–H and O–H groups in total. The maximum Gasteiger partial charge on any atom is 0.102 e. The van der Waals surface area contributed by atoms with Gasteiger partial charge in [-0.3, -0.25) is 0 Å². The molecule has 1 heterocycles. The molecule has 3 nitrogen and oxygen atoms in total. The van der Waals surface area contributed by atoms with Crippen LogP contribution in [0.5, 0.6) is 0 Å². The highest BCUT2D eigenvalue weighted by molar-refractivity contribution is 5.87. The Labute approximate surface area is 188 Å². The standard InChI is InChI=1S/C28H37N3/c1-4-5-14-27(25-15-7-6-12-22(25)3)26-16-8-9-17-28(30-20-23(26)19-29)31-24-13-10-11-21(2)18-24/h6-7,12,14-16,20-21,24H,4-5,8-11,13,17-18H2,1-3H3,(H,30,31)/b23-20-,26-16?,27-14+/t21-,24+/m0/s1. The van der Waals surface area contributed by atoms with Crippen LogP contribution in [-0.4, -0.2) is 11.9 Å². The van der Waals surface area contributed by atoms with Crippen molar-refractivity contribution in [1.82, 2.24) is 5.32 Å². The molecule has 1 aliphatic carbocycles. The zero-order valence-electron chi connectivity index (χ0n) is 19.5. The predicted octanol–water partition coefficient (Wildman–Crippen LogP) is 7.26. The number of hydrogen-bond acceptors (Lipinski definition) is 3. The van der Waals surface area contributed by atoms with Crippen molar-refractivity contribution in [3.05, 3.63) is 64.9 Å². The Bertz CT molecular complexity index is 910. The summed E-state index contributed by atoms with van der Waals surface area (Å²) < 4.78 is 0. The van der Waals surface area contributed by atoms with Gasteiger partial charge in [-0.25, -0.2) is 4.99 Å². The summed E-state index contributed by atoms with van der Waals surface area (Å²) in [5.41, 5.74) is 5.30. The monoisotopic (exact) mass is 415 g/mol. The first-order valence-electron chi connectivity index (χ1n) is 12.0. The van der Waals surface area contributed by atoms with Gasteiger partial charge in [-0.2, -0.15) is 5.26 Å². The second-order valence-corrected chi connectivity index (χ2v) is 9.07. The van der Waals surface area contributed by atoms with E-state index in [4.69, 9.17) is 4.99 Å². The summed E-state index contributed by atoms with van der Waals surface area (Å²) >= 11 is 0. The summed E-state index contributed by atoms with van der Waals surface area (Å²) in [4.78, 5) is 4.80. The van der Waals surface area contributed by atoms with Crippen molar-refractivity contribution in [2.24, 2.45) is 10.9 Å². The van der Waals surface area contributed by atoms with Gasteiger partial charge < -0.3 is 5.32 Å². The zero-order valence-corrected chi connectivity index (χ0v) is 19.5. The van der Waals surface area contributed by atoms with Gasteiger partial charge in [0.05, 0.1) is 5.57 Å². The van der Waals surface area contributed by atoms with Crippen molar-refractivity contribution in [2.45, 2.75) is 84.6 Å². The van der Waals surface area contributed by atoms with Crippen LogP contribution in [0.3, 0.4) is 0 Å². The van der Waals surface area contributed by atoms with Crippen LogP contribution in [0.1, 0.15) is 82.8 Å². The number of nitriles is 1. The largest absolute Gasteiger partial charge is 0.371 e. The number of aliphatic imine (C=N–C) groups is 1. The SMILES string of the molecule is CCC/C=C(/C1=CCCC/C(N[C@@H]2CCC[C@H](C)C2)=N\C=C/1C#N)c1ccccc1C. The van der Waals surface area contributed by atoms with E-state index in [1.54, 1.807) is 6.20 Å². The van der Waals surface area contributed by atoms with Crippen LogP contribution in [0.4, 0.5) is 0 Å². The van der Waals surface area contributed by atoms with Gasteiger partial charge in [0.2, 0.25) is 0 Å². The van der Waals surface area contributed by atoms with Crippen molar-refractivity contribution < 1.29 is 0 Å². The van der Waals surface area contributed by atoms with Crippen molar-refractivity contribution in [3.8, 4) is 6.07 Å². The molecule has 1 fully saturated rings. The molecule has 3 rings (SSSR count). The van der Waals surface area contributed by atoms with Gasteiger partial charge in [-0.1, -0.05) is 69.5 Å². The molecule has 1 aliphatic heterocycles. The number of rotatable bonds is 5. The van der Waals surface area contributed by atoms with Crippen LogP contribution in [-0.2, 0) is 0 Å². The molecular formula is C28H37N3. The Morgan fingerprint density at radius 3 is 2.84 bits per heavy atom. The molecule has 0 saturated heterocycles. The summed E-state index contributed by atoms with van der Waals surface area (Å²) in [6.45, 7) is 6.68. The van der Waals surface area contributed by atoms with E-state index >= 15 is 0 Å². The van der Waals surface area contributed by atoms with E-state index in [-0.39, 0.29) is 0 Å². The van der Waals surface area contributed by atoms with Gasteiger partial charge >= 0.3 is 0 Å². The first-order valence-corrected chi connectivity index (χ1v) is 12.0. The molecule has 0 spiro atoms. The zero-order chi connectivity index (χ0) is 22.1. The number of nitrogens with one attached hydrogen (secondary N) is 1. The third-order valence-electron chi connectivity index (χ3n) is 6.40. The number of amidine groups is 1. The lowest BCUT2D eigenvalue weighted by molar-refractivity contribution is 0.325. The Kier molecular flexibility index (Phi) is 8.71. The smallest absolute Gasteiger partial charge is 0.102 e. The molecule has 0 amide bonds. The average molecular weight is 416 g/mol. The highest BCUT2D eigenvalue weighted by atomic mass is 15.0. The number of unbranched alkanes of at least 4 members (excludes halogenated alkanes) is 1. The minimum atomic E-state index is 0.515. The lowest BCUT2D eigenvalue weighted by Gasteiger charge is -2.28. The number of nitrogens with zero attached hydrogens (tertiary/aromatic N) is 2. The highest BCUT2D eigenvalue weighted by Crippen LogP contribution is 2.32. The van der Waals surface area contributed by atoms with Crippen LogP contribution < -0.4 is 5.32 Å². The first-order chi connectivity index (χ1) is 15.1. The Morgan fingerprint density at radius 1 is 1.26 bits per heavy atom. The number of allylic oxidation sites excluding steroid dienone is 5. The normalized spacial score (nSPS) is 26.1. The van der Waals surface area contributed by atoms with Crippen molar-refractivity contribution >= 4 is 11.4 Å². The molecule has 3 heteroatoms. The molecule has 164 valence electrons. The van der Waals surface area contributed by atoms with Crippen molar-refractivity contribution in [3.63, 3.8) is 0 Å². The first kappa shape index (κ1) is 23.1. The molecule has 1 aromatic carbocycles. The molecule has 1 aromatic rings. The summed E-state index contributed by atoms with van der Waals surface area (Å²) in [5, 5.41) is 13.7. The fourth-order valence-electron chi connectivity index (χ4n) is 4.69. The number of aryl methyl sites for hydroxylation is 1. The van der Waals surface area contributed by atoms with Crippen LogP contribution in [0.25, 0.3) is 5.57 Å². The van der Waals surface area contributed by atoms with Gasteiger partial charge in [-0.05, 0) is 67.2 Å². The van der Waals surface area contributed by atoms with Crippen LogP contribution in [0.15, 0.2) is 58.8 Å². The third kappa shape index (κ3) is 6.44. The van der Waals surface area contributed by atoms with E-state index in [0.717, 1.165) is 49.4 Å². The van der Waals surface area contributed by atoms with Crippen LogP contribution in [0.2, 0.25) is 0 Å². The van der Waals surface area contributed by atoms with E-state index in [1.165, 1.54) is 42.4 Å². The summed E-state index contributed by atoms with van der Waals surface area (Å²) in [5.74, 6) is 1.82. The summed E-state index contributed by atoms with van der Waals surface area (Å²) in [6.07, 6.45) is 16.4. The number of hydrogen-bond donors (Lipinski definition) is 1. The topological polar surface area (TPSA) is 48.2 Å². The predicted molar refractivity (Wildman–Crippen MR) is 132 cm³/mol. The van der Waals surface area contributed by atoms with Crippen LogP contribution >= 0.6 is 0 Å². The average Bonchev–Trinajstić information content (AvgIpc) is 2.86. The van der Waals surface area contributed by atoms with Crippen molar-refractivity contribution in [2.75, 3.05) is 0 Å². The van der Waals surface area contributed by atoms with Crippen molar-refractivity contribution in [1.29, 1.82) is 5.26 Å². The van der Waals surface area contributed by atoms with E-state index in [2.05, 4.69) is 68.6 Å². The highest BCUT2D eigenvalue weighted by Gasteiger charge is 2.20. The molecule has 31 heavy (non-hydrogen) atoms. The molecule has 0 bridgehead atoms. The lowest BCUT2D eigenvalue weighted by Crippen LogP contribution is -2.37. The minimum absolute atomic E-state index is 0.515. The van der Waals surface area contributed by atoms with E-state index in [1.807, 2.05) is 0 Å². The maximum absolute atomic E-state index is 10.0. The number of benzene rings is 1. The van der Waals surface area contributed by atoms with Gasteiger partial charge in [-0.15, -0.1) is 0 Å².